The molecule has 1 atom stereocenters. The van der Waals surface area contributed by atoms with Gasteiger partial charge >= 0.3 is 0 Å². The summed E-state index contributed by atoms with van der Waals surface area (Å²) in [6.45, 7) is 6.54. The quantitative estimate of drug-likeness (QED) is 0.782. The molecule has 2 aliphatic rings. The smallest absolute Gasteiger partial charge is 0.255 e. The molecule has 5 heteroatoms. The van der Waals surface area contributed by atoms with E-state index in [-0.39, 0.29) is 11.7 Å². The number of amides is 1. The second kappa shape index (κ2) is 8.11. The Bertz CT molecular complexity index is 801. The summed E-state index contributed by atoms with van der Waals surface area (Å²) in [6.07, 6.45) is 4.34. The van der Waals surface area contributed by atoms with Crippen LogP contribution in [-0.4, -0.2) is 41.9 Å². The van der Waals surface area contributed by atoms with E-state index in [9.17, 15) is 9.18 Å². The topological polar surface area (TPSA) is 23.6 Å². The van der Waals surface area contributed by atoms with Crippen LogP contribution in [0.25, 0.3) is 0 Å². The van der Waals surface area contributed by atoms with Gasteiger partial charge in [0.1, 0.15) is 5.82 Å². The van der Waals surface area contributed by atoms with Crippen LogP contribution in [0.15, 0.2) is 29.6 Å². The lowest BCUT2D eigenvalue weighted by Crippen LogP contribution is -2.35. The van der Waals surface area contributed by atoms with Crippen molar-refractivity contribution in [1.29, 1.82) is 0 Å². The van der Waals surface area contributed by atoms with Gasteiger partial charge in [-0.05, 0) is 54.9 Å². The monoisotopic (exact) mass is 386 g/mol. The third-order valence-corrected chi connectivity index (χ3v) is 6.88. The molecule has 1 aromatic carbocycles. The van der Waals surface area contributed by atoms with Crippen molar-refractivity contribution in [1.82, 2.24) is 9.80 Å². The molecule has 3 nitrogen and oxygen atoms in total. The van der Waals surface area contributed by atoms with Crippen molar-refractivity contribution in [3.05, 3.63) is 57.0 Å². The fourth-order valence-electron chi connectivity index (χ4n) is 4.21. The number of carbonyl (C=O) groups excluding carboxylic acids is 1. The van der Waals surface area contributed by atoms with Crippen molar-refractivity contribution < 1.29 is 9.18 Å². The molecule has 2 aromatic rings. The van der Waals surface area contributed by atoms with Crippen molar-refractivity contribution in [2.45, 2.75) is 39.2 Å². The first-order chi connectivity index (χ1) is 13.1. The third-order valence-electron chi connectivity index (χ3n) is 5.83. The lowest BCUT2D eigenvalue weighted by molar-refractivity contribution is 0.0760. The number of nitrogens with zero attached hydrogens (tertiary/aromatic N) is 2. The van der Waals surface area contributed by atoms with Crippen molar-refractivity contribution in [3.63, 3.8) is 0 Å². The van der Waals surface area contributed by atoms with E-state index < -0.39 is 0 Å². The van der Waals surface area contributed by atoms with Gasteiger partial charge in [0, 0.05) is 43.0 Å². The summed E-state index contributed by atoms with van der Waals surface area (Å²) in [4.78, 5) is 19.0. The maximum atomic E-state index is 13.1. The molecular weight excluding hydrogens is 359 g/mol. The van der Waals surface area contributed by atoms with Gasteiger partial charge in [0.2, 0.25) is 0 Å². The maximum Gasteiger partial charge on any atom is 0.255 e. The third kappa shape index (κ3) is 4.25. The van der Waals surface area contributed by atoms with Gasteiger partial charge in [0.05, 0.1) is 5.56 Å². The summed E-state index contributed by atoms with van der Waals surface area (Å²) in [5, 5.41) is 2.09. The van der Waals surface area contributed by atoms with E-state index in [0.717, 1.165) is 69.0 Å². The first-order valence-corrected chi connectivity index (χ1v) is 10.8. The summed E-state index contributed by atoms with van der Waals surface area (Å²) in [5.41, 5.74) is 3.39. The minimum atomic E-state index is -0.195. The van der Waals surface area contributed by atoms with E-state index in [4.69, 9.17) is 0 Å². The van der Waals surface area contributed by atoms with Crippen LogP contribution in [0.4, 0.5) is 4.39 Å². The Morgan fingerprint density at radius 2 is 2.00 bits per heavy atom. The average Bonchev–Trinajstić information content (AvgIpc) is 2.93. The number of carbonyl (C=O) groups is 1. The second-order valence-electron chi connectivity index (χ2n) is 7.95. The molecule has 1 saturated heterocycles. The van der Waals surface area contributed by atoms with E-state index in [0.29, 0.717) is 0 Å². The summed E-state index contributed by atoms with van der Waals surface area (Å²) < 4.78 is 13.1. The van der Waals surface area contributed by atoms with Crippen LogP contribution in [-0.2, 0) is 19.4 Å². The van der Waals surface area contributed by atoms with Crippen molar-refractivity contribution in [3.8, 4) is 0 Å². The first kappa shape index (κ1) is 18.6. The first-order valence-electron chi connectivity index (χ1n) is 9.95. The standard InChI is InChI=1S/C22H27FN2OS/c1-16-3-8-19-20(15-27-21(19)13-16)22(26)25-10-2-9-24(11-12-25)14-17-4-6-18(23)7-5-17/h4-7,15-16H,2-3,8-14H2,1H3/t16-/m1/s1. The van der Waals surface area contributed by atoms with Crippen LogP contribution in [0.2, 0.25) is 0 Å². The minimum Gasteiger partial charge on any atom is -0.337 e. The maximum absolute atomic E-state index is 13.1. The van der Waals surface area contributed by atoms with E-state index in [1.807, 2.05) is 17.0 Å². The fraction of sp³-hybridized carbons (Fsp3) is 0.500. The van der Waals surface area contributed by atoms with Crippen LogP contribution in [0.5, 0.6) is 0 Å². The number of hydrogen-bond donors (Lipinski definition) is 0. The van der Waals surface area contributed by atoms with E-state index in [1.54, 1.807) is 11.3 Å². The summed E-state index contributed by atoms with van der Waals surface area (Å²) in [7, 11) is 0. The van der Waals surface area contributed by atoms with Crippen molar-refractivity contribution in [2.75, 3.05) is 26.2 Å². The van der Waals surface area contributed by atoms with Gasteiger partial charge in [-0.15, -0.1) is 11.3 Å². The highest BCUT2D eigenvalue weighted by molar-refractivity contribution is 7.10. The Kier molecular flexibility index (Phi) is 5.60. The van der Waals surface area contributed by atoms with Crippen molar-refractivity contribution >= 4 is 17.2 Å². The molecule has 1 aliphatic carbocycles. The lowest BCUT2D eigenvalue weighted by atomic mass is 9.88. The van der Waals surface area contributed by atoms with Gasteiger partial charge in [-0.1, -0.05) is 19.1 Å². The van der Waals surface area contributed by atoms with Gasteiger partial charge in [0.15, 0.2) is 0 Å². The summed E-state index contributed by atoms with van der Waals surface area (Å²) >= 11 is 1.77. The molecule has 144 valence electrons. The van der Waals surface area contributed by atoms with Gasteiger partial charge in [-0.25, -0.2) is 4.39 Å². The Balaban J connectivity index is 1.39. The molecule has 2 heterocycles. The predicted molar refractivity (Wildman–Crippen MR) is 108 cm³/mol. The molecule has 0 N–H and O–H groups in total. The highest BCUT2D eigenvalue weighted by Gasteiger charge is 2.27. The van der Waals surface area contributed by atoms with Crippen LogP contribution in [0, 0.1) is 11.7 Å². The minimum absolute atomic E-state index is 0.195. The zero-order valence-electron chi connectivity index (χ0n) is 15.9. The Morgan fingerprint density at radius 1 is 1.19 bits per heavy atom. The Morgan fingerprint density at radius 3 is 2.81 bits per heavy atom. The SMILES string of the molecule is C[C@@H]1CCc2c(C(=O)N3CCCN(Cc4ccc(F)cc4)CC3)csc2C1. The van der Waals surface area contributed by atoms with E-state index >= 15 is 0 Å². The average molecular weight is 387 g/mol. The second-order valence-corrected chi connectivity index (χ2v) is 8.91. The fourth-order valence-corrected chi connectivity index (χ4v) is 5.45. The number of fused-ring (bicyclic) bond motifs is 1. The van der Waals surface area contributed by atoms with E-state index in [1.165, 1.54) is 29.0 Å². The van der Waals surface area contributed by atoms with Crippen LogP contribution in [0.3, 0.4) is 0 Å². The largest absolute Gasteiger partial charge is 0.337 e. The predicted octanol–water partition coefficient (Wildman–Crippen LogP) is 4.36. The molecular formula is C22H27FN2OS. The zero-order valence-corrected chi connectivity index (χ0v) is 16.7. The molecule has 0 radical (unpaired) electrons. The molecule has 0 saturated carbocycles. The summed E-state index contributed by atoms with van der Waals surface area (Å²) in [6, 6.07) is 6.73. The molecule has 4 rings (SSSR count). The Hall–Kier alpha value is -1.72. The Labute approximate surface area is 164 Å². The lowest BCUT2D eigenvalue weighted by Gasteiger charge is -2.24. The van der Waals surface area contributed by atoms with Crippen LogP contribution in [0.1, 0.15) is 46.1 Å². The van der Waals surface area contributed by atoms with Gasteiger partial charge in [0.25, 0.3) is 5.91 Å². The molecule has 0 bridgehead atoms. The highest BCUT2D eigenvalue weighted by Crippen LogP contribution is 2.33. The van der Waals surface area contributed by atoms with Gasteiger partial charge < -0.3 is 4.90 Å². The number of hydrogen-bond acceptors (Lipinski definition) is 3. The molecule has 1 amide bonds. The molecule has 27 heavy (non-hydrogen) atoms. The molecule has 0 spiro atoms. The number of halogens is 1. The van der Waals surface area contributed by atoms with Gasteiger partial charge in [-0.3, -0.25) is 9.69 Å². The van der Waals surface area contributed by atoms with Crippen LogP contribution < -0.4 is 0 Å². The number of rotatable bonds is 3. The zero-order chi connectivity index (χ0) is 18.8. The molecule has 1 aromatic heterocycles. The van der Waals surface area contributed by atoms with Crippen LogP contribution >= 0.6 is 11.3 Å². The highest BCUT2D eigenvalue weighted by atomic mass is 32.1. The normalized spacial score (nSPS) is 21.0. The molecule has 1 fully saturated rings. The van der Waals surface area contributed by atoms with Crippen molar-refractivity contribution in [2.24, 2.45) is 5.92 Å². The summed E-state index contributed by atoms with van der Waals surface area (Å²) in [5.74, 6) is 0.753. The number of thiophene rings is 1. The van der Waals surface area contributed by atoms with Gasteiger partial charge in [-0.2, -0.15) is 0 Å². The molecule has 1 aliphatic heterocycles. The molecule has 0 unspecified atom stereocenters. The van der Waals surface area contributed by atoms with E-state index in [2.05, 4.69) is 17.2 Å². The number of benzene rings is 1.